The molecule has 4 atom stereocenters. The molecule has 0 radical (unpaired) electrons. The van der Waals surface area contributed by atoms with Crippen molar-refractivity contribution in [1.82, 2.24) is 4.90 Å². The smallest absolute Gasteiger partial charge is 0.225 e. The molecule has 0 spiro atoms. The highest BCUT2D eigenvalue weighted by Crippen LogP contribution is 2.62. The van der Waals surface area contributed by atoms with Gasteiger partial charge in [-0.25, -0.2) is 0 Å². The van der Waals surface area contributed by atoms with Crippen molar-refractivity contribution in [3.8, 4) is 0 Å². The largest absolute Gasteiger partial charge is 0.342 e. The molecular formula is C14H25ClN2O. The molecule has 2 N–H and O–H groups in total. The van der Waals surface area contributed by atoms with E-state index in [1.165, 1.54) is 0 Å². The average Bonchev–Trinajstić information content (AvgIpc) is 2.70. The minimum atomic E-state index is 0. The van der Waals surface area contributed by atoms with E-state index in [-0.39, 0.29) is 24.4 Å². The van der Waals surface area contributed by atoms with Crippen molar-refractivity contribution in [3.63, 3.8) is 0 Å². The van der Waals surface area contributed by atoms with Crippen LogP contribution < -0.4 is 5.73 Å². The minimum absolute atomic E-state index is 0. The van der Waals surface area contributed by atoms with Gasteiger partial charge in [0.25, 0.3) is 0 Å². The van der Waals surface area contributed by atoms with Gasteiger partial charge in [0.05, 0.1) is 0 Å². The van der Waals surface area contributed by atoms with E-state index in [9.17, 15) is 4.79 Å². The summed E-state index contributed by atoms with van der Waals surface area (Å²) in [4.78, 5) is 14.5. The molecule has 3 aliphatic rings. The molecule has 2 saturated carbocycles. The van der Waals surface area contributed by atoms with Crippen molar-refractivity contribution >= 4 is 18.3 Å². The summed E-state index contributed by atoms with van der Waals surface area (Å²) >= 11 is 0. The Morgan fingerprint density at radius 1 is 1.22 bits per heavy atom. The van der Waals surface area contributed by atoms with Gasteiger partial charge >= 0.3 is 0 Å². The van der Waals surface area contributed by atoms with Crippen LogP contribution >= 0.6 is 12.4 Å². The zero-order chi connectivity index (χ0) is 12.2. The number of halogens is 1. The normalized spacial score (nSPS) is 40.9. The van der Waals surface area contributed by atoms with Gasteiger partial charge in [-0.1, -0.05) is 20.3 Å². The maximum atomic E-state index is 12.4. The maximum Gasteiger partial charge on any atom is 0.225 e. The molecule has 1 aliphatic heterocycles. The minimum Gasteiger partial charge on any atom is -0.342 e. The van der Waals surface area contributed by atoms with Gasteiger partial charge in [-0.2, -0.15) is 0 Å². The zero-order valence-electron chi connectivity index (χ0n) is 11.4. The number of piperidine rings is 1. The van der Waals surface area contributed by atoms with Crippen molar-refractivity contribution < 1.29 is 4.79 Å². The fourth-order valence-corrected chi connectivity index (χ4v) is 4.02. The third-order valence-electron chi connectivity index (χ3n) is 5.50. The molecule has 3 rings (SSSR count). The summed E-state index contributed by atoms with van der Waals surface area (Å²) in [7, 11) is 0. The number of hydrogen-bond acceptors (Lipinski definition) is 2. The van der Waals surface area contributed by atoms with Gasteiger partial charge in [0.15, 0.2) is 0 Å². The van der Waals surface area contributed by atoms with E-state index >= 15 is 0 Å². The topological polar surface area (TPSA) is 46.3 Å². The lowest BCUT2D eigenvalue weighted by molar-refractivity contribution is -0.136. The molecule has 0 aromatic heterocycles. The lowest BCUT2D eigenvalue weighted by Gasteiger charge is -2.31. The lowest BCUT2D eigenvalue weighted by Crippen LogP contribution is -2.41. The number of rotatable bonds is 1. The molecular weight excluding hydrogens is 248 g/mol. The third-order valence-corrected chi connectivity index (χ3v) is 5.50. The van der Waals surface area contributed by atoms with Crippen LogP contribution in [-0.4, -0.2) is 29.9 Å². The molecule has 1 heterocycles. The van der Waals surface area contributed by atoms with Crippen molar-refractivity contribution in [2.24, 2.45) is 28.9 Å². The fraction of sp³-hybridized carbons (Fsp3) is 0.929. The molecule has 1 saturated heterocycles. The van der Waals surface area contributed by atoms with Gasteiger partial charge in [-0.15, -0.1) is 12.4 Å². The Morgan fingerprint density at radius 2 is 1.83 bits per heavy atom. The van der Waals surface area contributed by atoms with Gasteiger partial charge < -0.3 is 10.6 Å². The maximum absolute atomic E-state index is 12.4. The van der Waals surface area contributed by atoms with Crippen LogP contribution in [0, 0.1) is 23.2 Å². The summed E-state index contributed by atoms with van der Waals surface area (Å²) in [6, 6.07) is 0.256. The predicted octanol–water partition coefficient (Wildman–Crippen LogP) is 2.04. The molecule has 3 fully saturated rings. The van der Waals surface area contributed by atoms with Gasteiger partial charge in [-0.3, -0.25) is 4.79 Å². The number of carbonyl (C=O) groups excluding carboxylic acids is 1. The molecule has 0 aromatic rings. The van der Waals surface area contributed by atoms with Crippen LogP contribution in [0.2, 0.25) is 0 Å². The quantitative estimate of drug-likeness (QED) is 0.794. The van der Waals surface area contributed by atoms with Crippen LogP contribution in [-0.2, 0) is 4.79 Å². The molecule has 4 unspecified atom stereocenters. The van der Waals surface area contributed by atoms with Crippen LogP contribution in [0.15, 0.2) is 0 Å². The van der Waals surface area contributed by atoms with Gasteiger partial charge in [0, 0.05) is 25.0 Å². The van der Waals surface area contributed by atoms with Crippen LogP contribution in [0.3, 0.4) is 0 Å². The molecule has 1 amide bonds. The molecule has 4 heteroatoms. The van der Waals surface area contributed by atoms with Crippen molar-refractivity contribution in [2.45, 2.75) is 45.6 Å². The molecule has 18 heavy (non-hydrogen) atoms. The van der Waals surface area contributed by atoms with E-state index in [4.69, 9.17) is 5.73 Å². The van der Waals surface area contributed by atoms with Gasteiger partial charge in [0.2, 0.25) is 5.91 Å². The number of hydrogen-bond donors (Lipinski definition) is 1. The highest BCUT2D eigenvalue weighted by atomic mass is 35.5. The summed E-state index contributed by atoms with van der Waals surface area (Å²) in [6.07, 6.45) is 4.20. The summed E-state index contributed by atoms with van der Waals surface area (Å²) in [6.45, 7) is 6.67. The van der Waals surface area contributed by atoms with Crippen molar-refractivity contribution in [2.75, 3.05) is 13.1 Å². The second-order valence-electron chi connectivity index (χ2n) is 6.90. The first kappa shape index (κ1) is 14.1. The SMILES string of the molecule is CC1(C)C2CN(C(=O)C3CCCC(N)C3)CC21.Cl. The summed E-state index contributed by atoms with van der Waals surface area (Å²) in [5.74, 6) is 2.15. The average molecular weight is 273 g/mol. The van der Waals surface area contributed by atoms with E-state index in [0.29, 0.717) is 11.3 Å². The van der Waals surface area contributed by atoms with Crippen LogP contribution in [0.5, 0.6) is 0 Å². The first-order valence-corrected chi connectivity index (χ1v) is 7.04. The predicted molar refractivity (Wildman–Crippen MR) is 74.5 cm³/mol. The number of amides is 1. The van der Waals surface area contributed by atoms with Gasteiger partial charge in [0.1, 0.15) is 0 Å². The monoisotopic (exact) mass is 272 g/mol. The number of nitrogens with two attached hydrogens (primary N) is 1. The Balaban J connectivity index is 0.00000120. The van der Waals surface area contributed by atoms with E-state index < -0.39 is 0 Å². The number of carbonyl (C=O) groups is 1. The molecule has 2 aliphatic carbocycles. The Kier molecular flexibility index (Phi) is 3.67. The molecule has 3 nitrogen and oxygen atoms in total. The molecule has 0 aromatic carbocycles. The van der Waals surface area contributed by atoms with Crippen LogP contribution in [0.1, 0.15) is 39.5 Å². The second kappa shape index (κ2) is 4.68. The summed E-state index contributed by atoms with van der Waals surface area (Å²) in [5.41, 5.74) is 6.47. The number of likely N-dealkylation sites (tertiary alicyclic amines) is 1. The third kappa shape index (κ3) is 2.16. The molecule has 0 bridgehead atoms. The summed E-state index contributed by atoms with van der Waals surface area (Å²) < 4.78 is 0. The van der Waals surface area contributed by atoms with Crippen molar-refractivity contribution in [1.29, 1.82) is 0 Å². The zero-order valence-corrected chi connectivity index (χ0v) is 12.2. The van der Waals surface area contributed by atoms with Gasteiger partial charge in [-0.05, 0) is 36.5 Å². The van der Waals surface area contributed by atoms with E-state index in [1.54, 1.807) is 0 Å². The summed E-state index contributed by atoms with van der Waals surface area (Å²) in [5, 5.41) is 0. The standard InChI is InChI=1S/C14H24N2O.ClH/c1-14(2)11-7-16(8-12(11)14)13(17)9-4-3-5-10(15)6-9;/h9-12H,3-8,15H2,1-2H3;1H. The van der Waals surface area contributed by atoms with Crippen molar-refractivity contribution in [3.05, 3.63) is 0 Å². The first-order chi connectivity index (χ1) is 8.00. The van der Waals surface area contributed by atoms with Crippen LogP contribution in [0.4, 0.5) is 0 Å². The number of nitrogens with zero attached hydrogens (tertiary/aromatic N) is 1. The highest BCUT2D eigenvalue weighted by molar-refractivity contribution is 5.85. The van der Waals surface area contributed by atoms with Crippen LogP contribution in [0.25, 0.3) is 0 Å². The fourth-order valence-electron chi connectivity index (χ4n) is 4.02. The number of fused-ring (bicyclic) bond motifs is 1. The Labute approximate surface area is 116 Å². The lowest BCUT2D eigenvalue weighted by atomic mass is 9.85. The first-order valence-electron chi connectivity index (χ1n) is 7.04. The van der Waals surface area contributed by atoms with E-state index in [2.05, 4.69) is 18.7 Å². The van der Waals surface area contributed by atoms with E-state index in [0.717, 1.165) is 50.6 Å². The second-order valence-corrected chi connectivity index (χ2v) is 6.90. The Bertz CT molecular complexity index is 331. The Hall–Kier alpha value is -0.280. The Morgan fingerprint density at radius 3 is 2.39 bits per heavy atom. The molecule has 104 valence electrons. The van der Waals surface area contributed by atoms with E-state index in [1.807, 2.05) is 0 Å². The highest BCUT2D eigenvalue weighted by Gasteiger charge is 2.62.